The maximum absolute atomic E-state index is 12.4. The number of amides is 2. The third-order valence-corrected chi connectivity index (χ3v) is 5.01. The van der Waals surface area contributed by atoms with Gasteiger partial charge in [-0.25, -0.2) is 4.98 Å². The van der Waals surface area contributed by atoms with Crippen molar-refractivity contribution in [2.24, 2.45) is 0 Å². The smallest absolute Gasteiger partial charge is 0.313 e. The Hall–Kier alpha value is -3.45. The quantitative estimate of drug-likeness (QED) is 0.599. The molecule has 2 amide bonds. The van der Waals surface area contributed by atoms with Gasteiger partial charge in [-0.3, -0.25) is 9.59 Å². The molecule has 0 spiro atoms. The molecule has 7 heteroatoms. The summed E-state index contributed by atoms with van der Waals surface area (Å²) in [6.07, 6.45) is 3.61. The van der Waals surface area contributed by atoms with Gasteiger partial charge in [0.1, 0.15) is 5.82 Å². The molecule has 3 aromatic rings. The van der Waals surface area contributed by atoms with Crippen LogP contribution in [0.1, 0.15) is 11.4 Å². The molecule has 0 saturated carbocycles. The Kier molecular flexibility index (Phi) is 5.39. The Morgan fingerprint density at radius 3 is 2.79 bits per heavy atom. The second-order valence-electron chi connectivity index (χ2n) is 7.15. The van der Waals surface area contributed by atoms with Crippen molar-refractivity contribution in [3.63, 3.8) is 0 Å². The first kappa shape index (κ1) is 18.9. The summed E-state index contributed by atoms with van der Waals surface area (Å²) in [5, 5.41) is 8.75. The van der Waals surface area contributed by atoms with Gasteiger partial charge in [0.25, 0.3) is 0 Å². The lowest BCUT2D eigenvalue weighted by molar-refractivity contribution is -0.136. The standard InChI is InChI=1S/C22H23N5O2/c1-15-7-8-17(11-19(15)16-5-3-2-4-6-16)25-21(28)22(29)26-18-12-23-13-20-24-9-10-27(20)14-18/h2-11,18,23H,12-14H2,1H3,(H,25,28)(H,26,29). The van der Waals surface area contributed by atoms with Crippen LogP contribution in [-0.2, 0) is 22.7 Å². The zero-order chi connectivity index (χ0) is 20.2. The highest BCUT2D eigenvalue weighted by Gasteiger charge is 2.22. The second-order valence-corrected chi connectivity index (χ2v) is 7.15. The summed E-state index contributed by atoms with van der Waals surface area (Å²) in [6, 6.07) is 15.4. The van der Waals surface area contributed by atoms with Crippen molar-refractivity contribution in [2.45, 2.75) is 26.1 Å². The van der Waals surface area contributed by atoms with Gasteiger partial charge in [0, 0.05) is 31.2 Å². The number of nitrogens with one attached hydrogen (secondary N) is 3. The number of anilines is 1. The summed E-state index contributed by atoms with van der Waals surface area (Å²) in [5.74, 6) is -0.413. The van der Waals surface area contributed by atoms with Crippen molar-refractivity contribution in [1.29, 1.82) is 0 Å². The lowest BCUT2D eigenvalue weighted by Gasteiger charge is -2.17. The van der Waals surface area contributed by atoms with E-state index in [4.69, 9.17) is 0 Å². The van der Waals surface area contributed by atoms with Gasteiger partial charge in [0.05, 0.1) is 12.6 Å². The molecule has 1 aliphatic heterocycles. The number of hydrogen-bond acceptors (Lipinski definition) is 4. The van der Waals surface area contributed by atoms with Crippen molar-refractivity contribution in [1.82, 2.24) is 20.2 Å². The zero-order valence-electron chi connectivity index (χ0n) is 16.2. The predicted octanol–water partition coefficient (Wildman–Crippen LogP) is 2.09. The van der Waals surface area contributed by atoms with Crippen molar-refractivity contribution < 1.29 is 9.59 Å². The Morgan fingerprint density at radius 1 is 1.14 bits per heavy atom. The van der Waals surface area contributed by atoms with Crippen molar-refractivity contribution in [3.05, 3.63) is 72.3 Å². The summed E-state index contributed by atoms with van der Waals surface area (Å²) in [6.45, 7) is 3.80. The Balaban J connectivity index is 1.42. The van der Waals surface area contributed by atoms with E-state index in [9.17, 15) is 9.59 Å². The number of aromatic nitrogens is 2. The predicted molar refractivity (Wildman–Crippen MR) is 111 cm³/mol. The highest BCUT2D eigenvalue weighted by Crippen LogP contribution is 2.26. The first-order chi connectivity index (χ1) is 14.1. The van der Waals surface area contributed by atoms with Crippen LogP contribution < -0.4 is 16.0 Å². The fourth-order valence-corrected chi connectivity index (χ4v) is 3.50. The first-order valence-electron chi connectivity index (χ1n) is 9.59. The van der Waals surface area contributed by atoms with Crippen molar-refractivity contribution in [2.75, 3.05) is 11.9 Å². The number of carbonyl (C=O) groups excluding carboxylic acids is 2. The average Bonchev–Trinajstić information content (AvgIpc) is 3.08. The highest BCUT2D eigenvalue weighted by molar-refractivity contribution is 6.39. The minimum absolute atomic E-state index is 0.193. The van der Waals surface area contributed by atoms with Gasteiger partial charge in [-0.1, -0.05) is 36.4 Å². The molecule has 1 unspecified atom stereocenters. The number of rotatable bonds is 3. The molecule has 148 valence electrons. The minimum Gasteiger partial charge on any atom is -0.342 e. The van der Waals surface area contributed by atoms with E-state index >= 15 is 0 Å². The summed E-state index contributed by atoms with van der Waals surface area (Å²) in [4.78, 5) is 29.1. The van der Waals surface area contributed by atoms with E-state index in [1.807, 2.05) is 60.2 Å². The normalized spacial score (nSPS) is 15.8. The van der Waals surface area contributed by atoms with E-state index in [0.717, 1.165) is 22.5 Å². The molecule has 0 fully saturated rings. The molecular formula is C22H23N5O2. The van der Waals surface area contributed by atoms with Crippen LogP contribution in [0.15, 0.2) is 60.9 Å². The lowest BCUT2D eigenvalue weighted by Crippen LogP contribution is -2.47. The third-order valence-electron chi connectivity index (χ3n) is 5.01. The second kappa shape index (κ2) is 8.28. The Morgan fingerprint density at radius 2 is 1.97 bits per heavy atom. The molecule has 1 aromatic heterocycles. The zero-order valence-corrected chi connectivity index (χ0v) is 16.2. The summed E-state index contributed by atoms with van der Waals surface area (Å²) >= 11 is 0. The maximum Gasteiger partial charge on any atom is 0.313 e. The van der Waals surface area contributed by atoms with E-state index in [1.54, 1.807) is 12.3 Å². The van der Waals surface area contributed by atoms with Crippen LogP contribution in [-0.4, -0.2) is 34.0 Å². The third kappa shape index (κ3) is 4.35. The average molecular weight is 389 g/mol. The SMILES string of the molecule is Cc1ccc(NC(=O)C(=O)NC2CNCc3nccn3C2)cc1-c1ccccc1. The lowest BCUT2D eigenvalue weighted by atomic mass is 10.00. The fraction of sp³-hybridized carbons (Fsp3) is 0.227. The molecule has 1 atom stereocenters. The molecule has 0 radical (unpaired) electrons. The summed E-state index contributed by atoms with van der Waals surface area (Å²) in [7, 11) is 0. The maximum atomic E-state index is 12.4. The number of fused-ring (bicyclic) bond motifs is 1. The summed E-state index contributed by atoms with van der Waals surface area (Å²) < 4.78 is 1.98. The molecule has 0 saturated heterocycles. The van der Waals surface area contributed by atoms with Gasteiger partial charge in [-0.15, -0.1) is 0 Å². The fourth-order valence-electron chi connectivity index (χ4n) is 3.50. The molecule has 2 aromatic carbocycles. The number of aryl methyl sites for hydroxylation is 1. The Labute approximate surface area is 169 Å². The van der Waals surface area contributed by atoms with Crippen LogP contribution >= 0.6 is 0 Å². The molecule has 0 bridgehead atoms. The van der Waals surface area contributed by atoms with Crippen LogP contribution in [0.3, 0.4) is 0 Å². The molecular weight excluding hydrogens is 366 g/mol. The monoisotopic (exact) mass is 389 g/mol. The van der Waals surface area contributed by atoms with Gasteiger partial charge in [-0.2, -0.15) is 0 Å². The molecule has 29 heavy (non-hydrogen) atoms. The molecule has 1 aliphatic rings. The van der Waals surface area contributed by atoms with Gasteiger partial charge in [0.15, 0.2) is 0 Å². The van der Waals surface area contributed by atoms with Crippen LogP contribution in [0.25, 0.3) is 11.1 Å². The van der Waals surface area contributed by atoms with Crippen LogP contribution in [0.2, 0.25) is 0 Å². The number of nitrogens with zero attached hydrogens (tertiary/aromatic N) is 2. The van der Waals surface area contributed by atoms with Crippen LogP contribution in [0.4, 0.5) is 5.69 Å². The number of carbonyl (C=O) groups is 2. The largest absolute Gasteiger partial charge is 0.342 e. The van der Waals surface area contributed by atoms with Gasteiger partial charge >= 0.3 is 11.8 Å². The van der Waals surface area contributed by atoms with Gasteiger partial charge in [0.2, 0.25) is 0 Å². The van der Waals surface area contributed by atoms with Crippen molar-refractivity contribution in [3.8, 4) is 11.1 Å². The number of benzene rings is 2. The van der Waals surface area contributed by atoms with E-state index in [1.165, 1.54) is 0 Å². The number of hydrogen-bond donors (Lipinski definition) is 3. The molecule has 2 heterocycles. The number of imidazole rings is 1. The van der Waals surface area contributed by atoms with E-state index < -0.39 is 11.8 Å². The van der Waals surface area contributed by atoms with Crippen LogP contribution in [0.5, 0.6) is 0 Å². The summed E-state index contributed by atoms with van der Waals surface area (Å²) in [5.41, 5.74) is 3.76. The van der Waals surface area contributed by atoms with E-state index in [2.05, 4.69) is 20.9 Å². The van der Waals surface area contributed by atoms with Gasteiger partial charge < -0.3 is 20.5 Å². The Bertz CT molecular complexity index is 1030. The molecule has 7 nitrogen and oxygen atoms in total. The molecule has 0 aliphatic carbocycles. The minimum atomic E-state index is -0.678. The van der Waals surface area contributed by atoms with Crippen molar-refractivity contribution >= 4 is 17.5 Å². The van der Waals surface area contributed by atoms with Crippen LogP contribution in [0, 0.1) is 6.92 Å². The molecule has 4 rings (SSSR count). The van der Waals surface area contributed by atoms with Gasteiger partial charge in [-0.05, 0) is 35.7 Å². The highest BCUT2D eigenvalue weighted by atomic mass is 16.2. The van der Waals surface area contributed by atoms with E-state index in [0.29, 0.717) is 25.3 Å². The molecule has 3 N–H and O–H groups in total. The first-order valence-corrected chi connectivity index (χ1v) is 9.59. The van der Waals surface area contributed by atoms with E-state index in [-0.39, 0.29) is 6.04 Å². The topological polar surface area (TPSA) is 88.1 Å².